The fraction of sp³-hybridized carbons (Fsp3) is 0.160. The summed E-state index contributed by atoms with van der Waals surface area (Å²) in [6.45, 7) is 0.794. The lowest BCUT2D eigenvalue weighted by atomic mass is 9.87. The number of amides is 1. The molecule has 0 bridgehead atoms. The van der Waals surface area contributed by atoms with Crippen molar-refractivity contribution in [1.82, 2.24) is 10.3 Å². The maximum atomic E-state index is 12.0. The van der Waals surface area contributed by atoms with E-state index < -0.39 is 0 Å². The van der Waals surface area contributed by atoms with Gasteiger partial charge in [0.2, 0.25) is 0 Å². The van der Waals surface area contributed by atoms with Gasteiger partial charge in [0.15, 0.2) is 0 Å². The van der Waals surface area contributed by atoms with Crippen LogP contribution in [0.1, 0.15) is 33.1 Å². The molecule has 1 aliphatic heterocycles. The van der Waals surface area contributed by atoms with Crippen molar-refractivity contribution in [2.24, 2.45) is 0 Å². The number of carbonyl (C=O) groups excluding carboxylic acids is 1. The third-order valence-electron chi connectivity index (χ3n) is 6.17. The summed E-state index contributed by atoms with van der Waals surface area (Å²) in [4.78, 5) is 28.6. The summed E-state index contributed by atoms with van der Waals surface area (Å²) in [6.07, 6.45) is 2.85. The number of nitrogens with one attached hydrogen (secondary N) is 2. The molecule has 1 aliphatic rings. The van der Waals surface area contributed by atoms with E-state index >= 15 is 0 Å². The smallest absolute Gasteiger partial charge is 0.270 e. The van der Waals surface area contributed by atoms with Crippen molar-refractivity contribution in [3.8, 4) is 0 Å². The summed E-state index contributed by atoms with van der Waals surface area (Å²) in [5.41, 5.74) is 5.99. The Morgan fingerprint density at radius 1 is 1.09 bits per heavy atom. The number of H-pyrrole nitrogens is 1. The zero-order valence-electron chi connectivity index (χ0n) is 17.5. The van der Waals surface area contributed by atoms with E-state index in [-0.39, 0.29) is 22.6 Å². The van der Waals surface area contributed by atoms with Crippen LogP contribution in [-0.4, -0.2) is 29.4 Å². The average Bonchev–Trinajstić information content (AvgIpc) is 3.25. The molecule has 7 heteroatoms. The first-order chi connectivity index (χ1) is 15.6. The normalized spacial score (nSPS) is 15.4. The molecule has 4 aromatic rings. The fourth-order valence-corrected chi connectivity index (χ4v) is 4.60. The van der Waals surface area contributed by atoms with Crippen LogP contribution in [0.5, 0.6) is 0 Å². The zero-order valence-corrected chi connectivity index (χ0v) is 17.5. The van der Waals surface area contributed by atoms with Crippen LogP contribution in [0.4, 0.5) is 11.4 Å². The van der Waals surface area contributed by atoms with Gasteiger partial charge in [-0.1, -0.05) is 24.3 Å². The van der Waals surface area contributed by atoms with Gasteiger partial charge in [0.05, 0.1) is 11.0 Å². The van der Waals surface area contributed by atoms with E-state index in [0.717, 1.165) is 35.1 Å². The number of aromatic nitrogens is 1. The highest BCUT2D eigenvalue weighted by atomic mass is 16.6. The molecule has 0 aliphatic carbocycles. The number of fused-ring (bicyclic) bond motifs is 2. The highest BCUT2D eigenvalue weighted by molar-refractivity contribution is 5.94. The Morgan fingerprint density at radius 3 is 2.62 bits per heavy atom. The second kappa shape index (κ2) is 7.85. The minimum absolute atomic E-state index is 0.0731. The van der Waals surface area contributed by atoms with Crippen LogP contribution >= 0.6 is 0 Å². The van der Waals surface area contributed by atoms with E-state index in [1.165, 1.54) is 17.2 Å². The van der Waals surface area contributed by atoms with Crippen LogP contribution in [0, 0.1) is 10.1 Å². The van der Waals surface area contributed by atoms with Crippen molar-refractivity contribution in [2.75, 3.05) is 18.5 Å². The van der Waals surface area contributed by atoms with Gasteiger partial charge >= 0.3 is 0 Å². The molecule has 5 rings (SSSR count). The number of nitro benzene ring substituents is 1. The predicted octanol–water partition coefficient (Wildman–Crippen LogP) is 4.59. The number of benzene rings is 3. The molecule has 7 nitrogen and oxygen atoms in total. The van der Waals surface area contributed by atoms with Gasteiger partial charge in [-0.15, -0.1) is 0 Å². The van der Waals surface area contributed by atoms with Gasteiger partial charge in [-0.2, -0.15) is 0 Å². The summed E-state index contributed by atoms with van der Waals surface area (Å²) in [6, 6.07) is 20.7. The van der Waals surface area contributed by atoms with E-state index in [1.807, 2.05) is 42.6 Å². The molecular formula is C25H22N4O3. The van der Waals surface area contributed by atoms with Crippen molar-refractivity contribution in [2.45, 2.75) is 12.5 Å². The Morgan fingerprint density at radius 2 is 1.88 bits per heavy atom. The number of rotatable bonds is 4. The molecule has 0 fully saturated rings. The molecule has 32 heavy (non-hydrogen) atoms. The van der Waals surface area contributed by atoms with Crippen LogP contribution in [0.2, 0.25) is 0 Å². The molecule has 1 unspecified atom stereocenters. The molecule has 1 aromatic heterocycles. The maximum absolute atomic E-state index is 12.0. The van der Waals surface area contributed by atoms with E-state index in [9.17, 15) is 14.9 Å². The minimum atomic E-state index is -0.361. The standard InChI is InChI=1S/C25H22N4O3/c1-26-25(30)17-6-8-18(9-7-17)28-13-12-16-4-2-3-5-20(16)24(28)22-15-27-23-11-10-19(29(31)32)14-21(22)23/h2-11,14-15,24,27H,12-13H2,1H3,(H,26,30). The number of aromatic amines is 1. The lowest BCUT2D eigenvalue weighted by Gasteiger charge is -2.39. The number of hydrogen-bond donors (Lipinski definition) is 2. The Hall–Kier alpha value is -4.13. The maximum Gasteiger partial charge on any atom is 0.270 e. The topological polar surface area (TPSA) is 91.3 Å². The van der Waals surface area contributed by atoms with Crippen LogP contribution in [-0.2, 0) is 6.42 Å². The van der Waals surface area contributed by atoms with Gasteiger partial charge < -0.3 is 15.2 Å². The summed E-state index contributed by atoms with van der Waals surface area (Å²) in [5.74, 6) is -0.124. The third-order valence-corrected chi connectivity index (χ3v) is 6.17. The molecule has 0 saturated heterocycles. The first-order valence-corrected chi connectivity index (χ1v) is 10.5. The molecule has 2 heterocycles. The Labute approximate surface area is 184 Å². The van der Waals surface area contributed by atoms with Gasteiger partial charge in [0, 0.05) is 59.6 Å². The van der Waals surface area contributed by atoms with Crippen molar-refractivity contribution in [3.05, 3.63) is 105 Å². The van der Waals surface area contributed by atoms with Crippen molar-refractivity contribution in [3.63, 3.8) is 0 Å². The summed E-state index contributed by atoms with van der Waals surface area (Å²) in [5, 5.41) is 14.9. The lowest BCUT2D eigenvalue weighted by molar-refractivity contribution is -0.384. The average molecular weight is 426 g/mol. The van der Waals surface area contributed by atoms with E-state index in [2.05, 4.69) is 27.3 Å². The van der Waals surface area contributed by atoms with E-state index in [0.29, 0.717) is 5.56 Å². The monoisotopic (exact) mass is 426 g/mol. The second-order valence-electron chi connectivity index (χ2n) is 7.90. The fourth-order valence-electron chi connectivity index (χ4n) is 4.60. The number of nitro groups is 1. The van der Waals surface area contributed by atoms with Crippen molar-refractivity contribution in [1.29, 1.82) is 0 Å². The first kappa shape index (κ1) is 19.8. The molecule has 0 spiro atoms. The molecule has 160 valence electrons. The SMILES string of the molecule is CNC(=O)c1ccc(N2CCc3ccccc3C2c2c[nH]c3ccc([N+](=O)[O-])cc23)cc1. The lowest BCUT2D eigenvalue weighted by Crippen LogP contribution is -2.36. The number of nitrogens with zero attached hydrogens (tertiary/aromatic N) is 2. The van der Waals surface area contributed by atoms with Crippen LogP contribution < -0.4 is 10.2 Å². The molecule has 2 N–H and O–H groups in total. The second-order valence-corrected chi connectivity index (χ2v) is 7.90. The van der Waals surface area contributed by atoms with Crippen molar-refractivity contribution >= 4 is 28.2 Å². The highest BCUT2D eigenvalue weighted by Gasteiger charge is 2.31. The molecule has 0 radical (unpaired) electrons. The molecule has 0 saturated carbocycles. The Balaban J connectivity index is 1.66. The van der Waals surface area contributed by atoms with Crippen molar-refractivity contribution < 1.29 is 9.72 Å². The van der Waals surface area contributed by atoms with Gasteiger partial charge in [0.25, 0.3) is 11.6 Å². The first-order valence-electron chi connectivity index (χ1n) is 10.5. The van der Waals surface area contributed by atoms with Gasteiger partial charge in [-0.25, -0.2) is 0 Å². The Bertz CT molecular complexity index is 1330. The molecule has 1 atom stereocenters. The number of non-ortho nitro benzene ring substituents is 1. The summed E-state index contributed by atoms with van der Waals surface area (Å²) >= 11 is 0. The van der Waals surface area contributed by atoms with E-state index in [4.69, 9.17) is 0 Å². The van der Waals surface area contributed by atoms with Gasteiger partial charge in [-0.3, -0.25) is 14.9 Å². The van der Waals surface area contributed by atoms with Crippen LogP contribution in [0.15, 0.2) is 72.9 Å². The number of hydrogen-bond acceptors (Lipinski definition) is 4. The quantitative estimate of drug-likeness (QED) is 0.369. The predicted molar refractivity (Wildman–Crippen MR) is 124 cm³/mol. The molecule has 3 aromatic carbocycles. The van der Waals surface area contributed by atoms with Crippen LogP contribution in [0.25, 0.3) is 10.9 Å². The van der Waals surface area contributed by atoms with Gasteiger partial charge in [0.1, 0.15) is 0 Å². The number of anilines is 1. The number of carbonyl (C=O) groups is 1. The molecule has 1 amide bonds. The summed E-state index contributed by atoms with van der Waals surface area (Å²) < 4.78 is 0. The van der Waals surface area contributed by atoms with E-state index in [1.54, 1.807) is 19.2 Å². The largest absolute Gasteiger partial charge is 0.361 e. The highest BCUT2D eigenvalue weighted by Crippen LogP contribution is 2.41. The Kier molecular flexibility index (Phi) is 4.86. The third kappa shape index (κ3) is 3.28. The molecular weight excluding hydrogens is 404 g/mol. The summed E-state index contributed by atoms with van der Waals surface area (Å²) in [7, 11) is 1.62. The minimum Gasteiger partial charge on any atom is -0.361 e. The zero-order chi connectivity index (χ0) is 22.2. The van der Waals surface area contributed by atoms with Crippen LogP contribution in [0.3, 0.4) is 0 Å². The van der Waals surface area contributed by atoms with Gasteiger partial charge in [-0.05, 0) is 47.9 Å².